The third kappa shape index (κ3) is 33.1. The van der Waals surface area contributed by atoms with Crippen LogP contribution >= 0.6 is 0 Å². The van der Waals surface area contributed by atoms with E-state index in [0.717, 1.165) is 25.2 Å². The second kappa shape index (κ2) is 37.6. The van der Waals surface area contributed by atoms with Gasteiger partial charge in [-0.2, -0.15) is 0 Å². The molecule has 47 heavy (non-hydrogen) atoms. The number of unbranched alkanes of at least 4 members (excludes halogenated alkanes) is 19. The van der Waals surface area contributed by atoms with Crippen LogP contribution < -0.4 is 4.74 Å². The molecule has 0 bridgehead atoms. The number of benzene rings is 1. The zero-order valence-electron chi connectivity index (χ0n) is 31.1. The van der Waals surface area contributed by atoms with Crippen molar-refractivity contribution in [2.24, 2.45) is 0 Å². The highest BCUT2D eigenvalue weighted by atomic mass is 16.6. The van der Waals surface area contributed by atoms with Crippen LogP contribution in [-0.4, -0.2) is 72.7 Å². The van der Waals surface area contributed by atoms with Crippen molar-refractivity contribution in [2.75, 3.05) is 72.7 Å². The first-order valence-corrected chi connectivity index (χ1v) is 20.0. The van der Waals surface area contributed by atoms with Crippen molar-refractivity contribution in [1.82, 2.24) is 0 Å². The van der Waals surface area contributed by atoms with Crippen molar-refractivity contribution >= 4 is 0 Å². The highest BCUT2D eigenvalue weighted by Gasteiger charge is 1.99. The summed E-state index contributed by atoms with van der Waals surface area (Å²) in [5.74, 6) is 0.905. The Morgan fingerprint density at radius 1 is 0.319 bits per heavy atom. The van der Waals surface area contributed by atoms with E-state index in [4.69, 9.17) is 28.4 Å². The zero-order valence-corrected chi connectivity index (χ0v) is 31.1. The molecule has 0 aliphatic carbocycles. The van der Waals surface area contributed by atoms with Crippen LogP contribution in [0.4, 0.5) is 0 Å². The van der Waals surface area contributed by atoms with Gasteiger partial charge in [-0.25, -0.2) is 0 Å². The fraction of sp³-hybridized carbons (Fsp3) is 0.854. The van der Waals surface area contributed by atoms with Gasteiger partial charge in [0.1, 0.15) is 12.4 Å². The lowest BCUT2D eigenvalue weighted by molar-refractivity contribution is -0.0128. The molecule has 0 heterocycles. The summed E-state index contributed by atoms with van der Waals surface area (Å²) >= 11 is 0. The average molecular weight is 665 g/mol. The summed E-state index contributed by atoms with van der Waals surface area (Å²) in [7, 11) is 0. The Labute approximate surface area is 291 Å². The van der Waals surface area contributed by atoms with Crippen LogP contribution in [0.3, 0.4) is 0 Å². The molecule has 0 saturated heterocycles. The Morgan fingerprint density at radius 3 is 1.04 bits per heavy atom. The normalized spacial score (nSPS) is 11.4. The quantitative estimate of drug-likeness (QED) is 0.0653. The molecule has 0 saturated carbocycles. The molecule has 0 radical (unpaired) electrons. The summed E-state index contributed by atoms with van der Waals surface area (Å²) in [6.45, 7) is 11.2. The van der Waals surface area contributed by atoms with Gasteiger partial charge in [0.25, 0.3) is 0 Å². The third-order valence-electron chi connectivity index (χ3n) is 8.62. The monoisotopic (exact) mass is 665 g/mol. The van der Waals surface area contributed by atoms with Gasteiger partial charge in [-0.05, 0) is 37.0 Å². The van der Waals surface area contributed by atoms with Gasteiger partial charge in [0.15, 0.2) is 0 Å². The number of ether oxygens (including phenoxy) is 6. The Kier molecular flexibility index (Phi) is 35.1. The van der Waals surface area contributed by atoms with Crippen molar-refractivity contribution < 1.29 is 28.4 Å². The van der Waals surface area contributed by atoms with E-state index >= 15 is 0 Å². The molecule has 1 aromatic carbocycles. The van der Waals surface area contributed by atoms with Crippen molar-refractivity contribution in [2.45, 2.75) is 155 Å². The molecule has 276 valence electrons. The molecule has 0 fully saturated rings. The van der Waals surface area contributed by atoms with Gasteiger partial charge >= 0.3 is 0 Å². The van der Waals surface area contributed by atoms with Crippen LogP contribution in [0.15, 0.2) is 24.3 Å². The van der Waals surface area contributed by atoms with Gasteiger partial charge in [-0.15, -0.1) is 0 Å². The first kappa shape index (κ1) is 43.8. The van der Waals surface area contributed by atoms with Gasteiger partial charge in [-0.1, -0.05) is 148 Å². The molecule has 0 aliphatic heterocycles. The highest BCUT2D eigenvalue weighted by molar-refractivity contribution is 5.27. The Balaban J connectivity index is 1.71. The summed E-state index contributed by atoms with van der Waals surface area (Å²) in [5.41, 5.74) is 1.39. The summed E-state index contributed by atoms with van der Waals surface area (Å²) in [6, 6.07) is 8.51. The number of rotatable bonds is 39. The fourth-order valence-electron chi connectivity index (χ4n) is 5.64. The maximum absolute atomic E-state index is 5.80. The molecule has 0 amide bonds. The lowest BCUT2D eigenvalue weighted by Crippen LogP contribution is -2.14. The highest BCUT2D eigenvalue weighted by Crippen LogP contribution is 2.16. The fourth-order valence-corrected chi connectivity index (χ4v) is 5.64. The van der Waals surface area contributed by atoms with Crippen molar-refractivity contribution in [3.63, 3.8) is 0 Å². The average Bonchev–Trinajstić information content (AvgIpc) is 3.09. The molecule has 0 N–H and O–H groups in total. The van der Waals surface area contributed by atoms with E-state index in [1.165, 1.54) is 134 Å². The van der Waals surface area contributed by atoms with Gasteiger partial charge in [-0.3, -0.25) is 0 Å². The molecule has 1 rings (SSSR count). The zero-order chi connectivity index (χ0) is 33.6. The van der Waals surface area contributed by atoms with E-state index in [1.807, 2.05) is 0 Å². The molecule has 0 atom stereocenters. The second-order valence-electron chi connectivity index (χ2n) is 13.0. The Morgan fingerprint density at radius 2 is 0.638 bits per heavy atom. The van der Waals surface area contributed by atoms with Crippen LogP contribution in [0.1, 0.15) is 154 Å². The lowest BCUT2D eigenvalue weighted by atomic mass is 10.0. The van der Waals surface area contributed by atoms with Gasteiger partial charge < -0.3 is 28.4 Å². The van der Waals surface area contributed by atoms with E-state index in [-0.39, 0.29) is 0 Å². The summed E-state index contributed by atoms with van der Waals surface area (Å²) in [4.78, 5) is 0. The minimum atomic E-state index is 0.546. The molecule has 1 aromatic rings. The molecule has 6 nitrogen and oxygen atoms in total. The molecular weight excluding hydrogens is 588 g/mol. The van der Waals surface area contributed by atoms with Crippen molar-refractivity contribution in [3.8, 4) is 5.75 Å². The standard InChI is InChI=1S/C41H76O6/c1-3-5-7-9-11-12-13-14-15-16-17-19-21-23-29-42-30-31-43-32-33-44-34-35-45-36-37-46-38-39-47-41-27-25-40(26-28-41)24-22-20-18-10-8-6-4-2/h25-28H,3-24,29-39H2,1-2H3. The van der Waals surface area contributed by atoms with Gasteiger partial charge in [0, 0.05) is 6.61 Å². The maximum atomic E-state index is 5.80. The summed E-state index contributed by atoms with van der Waals surface area (Å²) in [6.07, 6.45) is 30.0. The maximum Gasteiger partial charge on any atom is 0.119 e. The van der Waals surface area contributed by atoms with E-state index < -0.39 is 0 Å². The van der Waals surface area contributed by atoms with Crippen LogP contribution in [0.5, 0.6) is 5.75 Å². The van der Waals surface area contributed by atoms with Crippen LogP contribution in [0.2, 0.25) is 0 Å². The van der Waals surface area contributed by atoms with Gasteiger partial charge in [0.2, 0.25) is 0 Å². The van der Waals surface area contributed by atoms with E-state index in [0.29, 0.717) is 66.1 Å². The molecule has 0 unspecified atom stereocenters. The van der Waals surface area contributed by atoms with E-state index in [1.54, 1.807) is 0 Å². The largest absolute Gasteiger partial charge is 0.491 e. The van der Waals surface area contributed by atoms with Crippen molar-refractivity contribution in [3.05, 3.63) is 29.8 Å². The van der Waals surface area contributed by atoms with E-state index in [9.17, 15) is 0 Å². The Bertz CT molecular complexity index is 712. The minimum Gasteiger partial charge on any atom is -0.491 e. The SMILES string of the molecule is CCCCCCCCCCCCCCCCOCCOCCOCCOCCOCCOc1ccc(CCCCCCCCC)cc1. The summed E-state index contributed by atoms with van der Waals surface area (Å²) in [5, 5.41) is 0. The lowest BCUT2D eigenvalue weighted by Gasteiger charge is -2.09. The molecule has 6 heteroatoms. The number of hydrogen-bond acceptors (Lipinski definition) is 6. The first-order valence-electron chi connectivity index (χ1n) is 20.0. The molecular formula is C41H76O6. The third-order valence-corrected chi connectivity index (χ3v) is 8.62. The van der Waals surface area contributed by atoms with Crippen molar-refractivity contribution in [1.29, 1.82) is 0 Å². The van der Waals surface area contributed by atoms with E-state index in [2.05, 4.69) is 38.1 Å². The first-order chi connectivity index (χ1) is 23.4. The smallest absolute Gasteiger partial charge is 0.119 e. The summed E-state index contributed by atoms with van der Waals surface area (Å²) < 4.78 is 33.8. The molecule has 0 aromatic heterocycles. The van der Waals surface area contributed by atoms with Crippen LogP contribution in [0.25, 0.3) is 0 Å². The van der Waals surface area contributed by atoms with Crippen LogP contribution in [0, 0.1) is 0 Å². The Hall–Kier alpha value is -1.18. The predicted molar refractivity (Wildman–Crippen MR) is 198 cm³/mol. The van der Waals surface area contributed by atoms with Gasteiger partial charge in [0.05, 0.1) is 59.5 Å². The second-order valence-corrected chi connectivity index (χ2v) is 13.0. The topological polar surface area (TPSA) is 55.4 Å². The molecule has 0 aliphatic rings. The predicted octanol–water partition coefficient (Wildman–Crippen LogP) is 10.9. The van der Waals surface area contributed by atoms with Crippen LogP contribution in [-0.2, 0) is 30.1 Å². The number of hydrogen-bond donors (Lipinski definition) is 0. The molecule has 0 spiro atoms. The minimum absolute atomic E-state index is 0.546. The number of aryl methyl sites for hydroxylation is 1.